The number of thiophene rings is 1. The van der Waals surface area contributed by atoms with Gasteiger partial charge in [-0.2, -0.15) is 5.26 Å². The Labute approximate surface area is 132 Å². The molecule has 2 heterocycles. The van der Waals surface area contributed by atoms with E-state index in [1.54, 1.807) is 6.07 Å². The van der Waals surface area contributed by atoms with Crippen LogP contribution in [0.25, 0.3) is 10.1 Å². The number of methoxy groups -OCH3 is 2. The molecule has 0 radical (unpaired) electrons. The smallest absolute Gasteiger partial charge is 0.348 e. The number of nitriles is 1. The molecule has 0 N–H and O–H groups in total. The highest BCUT2D eigenvalue weighted by atomic mass is 35.5. The van der Waals surface area contributed by atoms with E-state index >= 15 is 0 Å². The molecule has 2 aromatic rings. The first-order valence-corrected chi connectivity index (χ1v) is 6.91. The maximum Gasteiger partial charge on any atom is 0.348 e. The lowest BCUT2D eigenvalue weighted by Gasteiger charge is -2.03. The Balaban J connectivity index is 2.97. The molecular formula is C12H6Cl2N2O4S. The molecule has 2 rings (SSSR count). The molecule has 0 unspecified atom stereocenters. The van der Waals surface area contributed by atoms with Gasteiger partial charge in [0.15, 0.2) is 5.69 Å². The highest BCUT2D eigenvalue weighted by Gasteiger charge is 2.29. The zero-order chi connectivity index (χ0) is 15.7. The van der Waals surface area contributed by atoms with E-state index in [2.05, 4.69) is 14.5 Å². The van der Waals surface area contributed by atoms with Crippen LogP contribution in [0.1, 0.15) is 25.7 Å². The number of carbonyl (C=O) groups excluding carboxylic acids is 2. The number of ether oxygens (including phenoxy) is 2. The van der Waals surface area contributed by atoms with Crippen molar-refractivity contribution in [1.29, 1.82) is 5.26 Å². The average Bonchev–Trinajstić information content (AvgIpc) is 2.90. The first-order valence-electron chi connectivity index (χ1n) is 5.34. The molecule has 0 aromatic carbocycles. The Kier molecular flexibility index (Phi) is 4.32. The van der Waals surface area contributed by atoms with Gasteiger partial charge in [0.2, 0.25) is 0 Å². The molecule has 0 fully saturated rings. The summed E-state index contributed by atoms with van der Waals surface area (Å²) in [6, 6.07) is 1.79. The number of halogens is 2. The molecule has 0 aliphatic rings. The molecule has 0 saturated heterocycles. The number of hydrogen-bond acceptors (Lipinski definition) is 7. The van der Waals surface area contributed by atoms with Crippen molar-refractivity contribution in [1.82, 2.24) is 4.98 Å². The maximum atomic E-state index is 11.9. The standard InChI is InChI=1S/C12H6Cl2N2O4S/c1-19-11(17)6-5-8(21-9(6)12(18)20-2)7(13)4(3-15)16-10(5)14/h1-2H3. The molecule has 0 saturated carbocycles. The minimum atomic E-state index is -0.772. The van der Waals surface area contributed by atoms with Gasteiger partial charge in [-0.25, -0.2) is 14.6 Å². The molecule has 21 heavy (non-hydrogen) atoms. The molecule has 0 aliphatic heterocycles. The summed E-state index contributed by atoms with van der Waals surface area (Å²) in [5.41, 5.74) is -0.170. The van der Waals surface area contributed by atoms with Gasteiger partial charge in [-0.3, -0.25) is 0 Å². The number of pyridine rings is 1. The van der Waals surface area contributed by atoms with Crippen LogP contribution in [0.2, 0.25) is 10.2 Å². The summed E-state index contributed by atoms with van der Waals surface area (Å²) >= 11 is 13.0. The third kappa shape index (κ3) is 2.42. The summed E-state index contributed by atoms with van der Waals surface area (Å²) in [7, 11) is 2.34. The Morgan fingerprint density at radius 3 is 2.38 bits per heavy atom. The maximum absolute atomic E-state index is 11.9. The molecule has 0 bridgehead atoms. The Morgan fingerprint density at radius 2 is 1.86 bits per heavy atom. The van der Waals surface area contributed by atoms with Gasteiger partial charge in [-0.1, -0.05) is 23.2 Å². The number of nitrogens with zero attached hydrogens (tertiary/aromatic N) is 2. The fourth-order valence-electron chi connectivity index (χ4n) is 1.70. The SMILES string of the molecule is COC(=O)c1sc2c(Cl)c(C#N)nc(Cl)c2c1C(=O)OC. The van der Waals surface area contributed by atoms with Crippen LogP contribution in [-0.4, -0.2) is 31.1 Å². The van der Waals surface area contributed by atoms with Crippen LogP contribution in [0.15, 0.2) is 0 Å². The van der Waals surface area contributed by atoms with Crippen molar-refractivity contribution in [3.63, 3.8) is 0 Å². The van der Waals surface area contributed by atoms with Gasteiger partial charge >= 0.3 is 11.9 Å². The number of esters is 2. The van der Waals surface area contributed by atoms with Gasteiger partial charge < -0.3 is 9.47 Å². The summed E-state index contributed by atoms with van der Waals surface area (Å²) < 4.78 is 9.58. The molecule has 0 atom stereocenters. The van der Waals surface area contributed by atoms with E-state index in [9.17, 15) is 9.59 Å². The van der Waals surface area contributed by atoms with Crippen molar-refractivity contribution in [3.05, 3.63) is 26.3 Å². The normalized spacial score (nSPS) is 10.2. The van der Waals surface area contributed by atoms with Gasteiger partial charge in [-0.15, -0.1) is 11.3 Å². The number of aromatic nitrogens is 1. The summed E-state index contributed by atoms with van der Waals surface area (Å²) in [5.74, 6) is -1.51. The second-order valence-corrected chi connectivity index (χ2v) is 5.43. The predicted octanol–water partition coefficient (Wildman–Crippen LogP) is 3.05. The molecule has 9 heteroatoms. The Hall–Kier alpha value is -1.88. The molecule has 0 spiro atoms. The highest BCUT2D eigenvalue weighted by Crippen LogP contribution is 2.41. The Bertz CT molecular complexity index is 810. The number of hydrogen-bond donors (Lipinski definition) is 0. The summed E-state index contributed by atoms with van der Waals surface area (Å²) in [6.07, 6.45) is 0. The molecular weight excluding hydrogens is 339 g/mol. The van der Waals surface area contributed by atoms with Crippen molar-refractivity contribution in [2.24, 2.45) is 0 Å². The van der Waals surface area contributed by atoms with Gasteiger partial charge in [-0.05, 0) is 0 Å². The second-order valence-electron chi connectivity index (χ2n) is 3.67. The fourth-order valence-corrected chi connectivity index (χ4v) is 3.47. The quantitative estimate of drug-likeness (QED) is 0.614. The average molecular weight is 345 g/mol. The summed E-state index contributed by atoms with van der Waals surface area (Å²) in [6.45, 7) is 0. The number of fused-ring (bicyclic) bond motifs is 1. The number of rotatable bonds is 2. The zero-order valence-corrected chi connectivity index (χ0v) is 13.0. The molecule has 0 amide bonds. The topological polar surface area (TPSA) is 89.3 Å². The van der Waals surface area contributed by atoms with Crippen LogP contribution in [0.4, 0.5) is 0 Å². The van der Waals surface area contributed by atoms with Crippen molar-refractivity contribution in [3.8, 4) is 6.07 Å². The van der Waals surface area contributed by atoms with Crippen molar-refractivity contribution >= 4 is 56.6 Å². The van der Waals surface area contributed by atoms with Crippen LogP contribution < -0.4 is 0 Å². The predicted molar refractivity (Wildman–Crippen MR) is 77.0 cm³/mol. The van der Waals surface area contributed by atoms with Crippen LogP contribution in [0, 0.1) is 11.3 Å². The largest absolute Gasteiger partial charge is 0.465 e. The van der Waals surface area contributed by atoms with E-state index in [-0.39, 0.29) is 31.7 Å². The van der Waals surface area contributed by atoms with E-state index in [1.807, 2.05) is 0 Å². The van der Waals surface area contributed by atoms with Crippen molar-refractivity contribution < 1.29 is 19.1 Å². The monoisotopic (exact) mass is 344 g/mol. The number of carbonyl (C=O) groups is 2. The van der Waals surface area contributed by atoms with Crippen molar-refractivity contribution in [2.45, 2.75) is 0 Å². The van der Waals surface area contributed by atoms with Gasteiger partial charge in [0, 0.05) is 5.39 Å². The third-order valence-electron chi connectivity index (χ3n) is 2.60. The second kappa shape index (κ2) is 5.85. The molecule has 2 aromatic heterocycles. The van der Waals surface area contributed by atoms with Crippen LogP contribution >= 0.6 is 34.5 Å². The lowest BCUT2D eigenvalue weighted by Crippen LogP contribution is -2.09. The molecule has 0 aliphatic carbocycles. The summed E-state index contributed by atoms with van der Waals surface area (Å²) in [5, 5.41) is 9.02. The van der Waals surface area contributed by atoms with Crippen LogP contribution in [0.3, 0.4) is 0 Å². The zero-order valence-electron chi connectivity index (χ0n) is 10.7. The van der Waals surface area contributed by atoms with Crippen LogP contribution in [0.5, 0.6) is 0 Å². The van der Waals surface area contributed by atoms with Gasteiger partial charge in [0.25, 0.3) is 0 Å². The highest BCUT2D eigenvalue weighted by molar-refractivity contribution is 7.22. The minimum Gasteiger partial charge on any atom is -0.465 e. The van der Waals surface area contributed by atoms with E-state index in [4.69, 9.17) is 28.5 Å². The van der Waals surface area contributed by atoms with E-state index in [0.29, 0.717) is 4.70 Å². The van der Waals surface area contributed by atoms with Gasteiger partial charge in [0.05, 0.1) is 29.5 Å². The first-order chi connectivity index (χ1) is 9.96. The minimum absolute atomic E-state index is 0.0139. The van der Waals surface area contributed by atoms with Crippen LogP contribution in [-0.2, 0) is 9.47 Å². The third-order valence-corrected chi connectivity index (χ3v) is 4.54. The van der Waals surface area contributed by atoms with E-state index < -0.39 is 11.9 Å². The summed E-state index contributed by atoms with van der Waals surface area (Å²) in [4.78, 5) is 27.5. The lowest BCUT2D eigenvalue weighted by molar-refractivity contribution is 0.0561. The Morgan fingerprint density at radius 1 is 1.24 bits per heavy atom. The van der Waals surface area contributed by atoms with Gasteiger partial charge in [0.1, 0.15) is 16.1 Å². The van der Waals surface area contributed by atoms with E-state index in [1.165, 1.54) is 14.2 Å². The van der Waals surface area contributed by atoms with Crippen molar-refractivity contribution in [2.75, 3.05) is 14.2 Å². The fraction of sp³-hybridized carbons (Fsp3) is 0.167. The lowest BCUT2D eigenvalue weighted by atomic mass is 10.1. The van der Waals surface area contributed by atoms with E-state index in [0.717, 1.165) is 11.3 Å². The first kappa shape index (κ1) is 15.5. The molecule has 108 valence electrons. The molecule has 6 nitrogen and oxygen atoms in total.